The van der Waals surface area contributed by atoms with Gasteiger partial charge in [-0.25, -0.2) is 9.80 Å². The molecule has 4 amide bonds. The van der Waals surface area contributed by atoms with Gasteiger partial charge in [0, 0.05) is 19.3 Å². The molecule has 3 aliphatic rings. The van der Waals surface area contributed by atoms with E-state index in [2.05, 4.69) is 20.5 Å². The molecule has 2 unspecified atom stereocenters. The summed E-state index contributed by atoms with van der Waals surface area (Å²) in [6.07, 6.45) is 8.08. The number of hydrogen-bond acceptors (Lipinski definition) is 9. The van der Waals surface area contributed by atoms with Gasteiger partial charge in [0.2, 0.25) is 12.8 Å². The van der Waals surface area contributed by atoms with Gasteiger partial charge in [0.25, 0.3) is 0 Å². The number of hydrogen-bond donors (Lipinski definition) is 1. The lowest BCUT2D eigenvalue weighted by atomic mass is 9.72. The van der Waals surface area contributed by atoms with Gasteiger partial charge in [0.1, 0.15) is 6.04 Å². The van der Waals surface area contributed by atoms with Gasteiger partial charge in [0.15, 0.2) is 11.6 Å². The quantitative estimate of drug-likeness (QED) is 0.271. The lowest BCUT2D eigenvalue weighted by molar-refractivity contribution is -0.149. The Labute approximate surface area is 249 Å². The number of fused-ring (bicyclic) bond motifs is 1. The maximum atomic E-state index is 13.0. The largest absolute Gasteiger partial charge is 0.468 e. The van der Waals surface area contributed by atoms with E-state index in [0.717, 1.165) is 28.7 Å². The van der Waals surface area contributed by atoms with Crippen molar-refractivity contribution in [1.82, 2.24) is 30.3 Å². The first kappa shape index (κ1) is 30.0. The maximum Gasteiger partial charge on any atom is 0.364 e. The number of methoxy groups -OCH3 is 1. The maximum absolute atomic E-state index is 13.0. The minimum Gasteiger partial charge on any atom is -0.468 e. The topological polar surface area (TPSA) is 141 Å². The summed E-state index contributed by atoms with van der Waals surface area (Å²) in [5.74, 6) is -0.215. The number of amides is 4. The number of ether oxygens (including phenoxy) is 1. The van der Waals surface area contributed by atoms with Crippen molar-refractivity contribution in [3.05, 3.63) is 52.7 Å². The third-order valence-corrected chi connectivity index (χ3v) is 8.64. The number of rotatable bonds is 12. The number of benzene rings is 1. The van der Waals surface area contributed by atoms with E-state index in [0.29, 0.717) is 69.4 Å². The summed E-state index contributed by atoms with van der Waals surface area (Å²) in [6.45, 7) is 4.80. The zero-order valence-corrected chi connectivity index (χ0v) is 24.4. The Morgan fingerprint density at radius 3 is 2.67 bits per heavy atom. The van der Waals surface area contributed by atoms with Crippen molar-refractivity contribution in [2.75, 3.05) is 39.8 Å². The molecule has 1 aromatic carbocycles. The number of carbonyl (C=O) groups excluding carboxylic acids is 4. The molecule has 2 aromatic rings. The van der Waals surface area contributed by atoms with Crippen molar-refractivity contribution in [2.24, 2.45) is 4.99 Å². The Hall–Kier alpha value is -4.52. The van der Waals surface area contributed by atoms with Crippen LogP contribution in [0, 0.1) is 0 Å². The summed E-state index contributed by atoms with van der Waals surface area (Å²) in [5, 5.41) is 5.73. The minimum atomic E-state index is -0.740. The summed E-state index contributed by atoms with van der Waals surface area (Å²) in [5.41, 5.74) is 3.96. The third-order valence-electron chi connectivity index (χ3n) is 8.64. The first-order valence-corrected chi connectivity index (χ1v) is 14.5. The van der Waals surface area contributed by atoms with Crippen molar-refractivity contribution in [3.8, 4) is 0 Å². The highest BCUT2D eigenvalue weighted by atomic mass is 16.5. The number of nitrogens with one attached hydrogen (secondary N) is 1. The molecule has 3 aliphatic heterocycles. The zero-order valence-electron chi connectivity index (χ0n) is 24.4. The Kier molecular flexibility index (Phi) is 9.19. The molecule has 0 saturated carbocycles. The van der Waals surface area contributed by atoms with Crippen molar-refractivity contribution in [3.63, 3.8) is 0 Å². The van der Waals surface area contributed by atoms with E-state index in [4.69, 9.17) is 9.26 Å². The van der Waals surface area contributed by atoms with Crippen molar-refractivity contribution in [2.45, 2.75) is 50.2 Å². The normalized spacial score (nSPS) is 21.5. The molecule has 2 atom stereocenters. The fraction of sp³-hybridized carbons (Fsp3) is 0.467. The second-order valence-electron chi connectivity index (χ2n) is 10.9. The molecule has 1 aromatic heterocycles. The molecular weight excluding hydrogens is 554 g/mol. The van der Waals surface area contributed by atoms with Gasteiger partial charge in [-0.05, 0) is 57.0 Å². The van der Waals surface area contributed by atoms with Crippen LogP contribution in [0.4, 0.5) is 4.79 Å². The second-order valence-corrected chi connectivity index (χ2v) is 10.9. The van der Waals surface area contributed by atoms with Crippen molar-refractivity contribution < 1.29 is 28.4 Å². The number of aromatic nitrogens is 1. The molecule has 228 valence electrons. The molecule has 43 heavy (non-hydrogen) atoms. The summed E-state index contributed by atoms with van der Waals surface area (Å²) >= 11 is 0. The van der Waals surface area contributed by atoms with Gasteiger partial charge in [-0.1, -0.05) is 42.4 Å². The van der Waals surface area contributed by atoms with Crippen molar-refractivity contribution in [1.29, 1.82) is 0 Å². The monoisotopic (exact) mass is 591 g/mol. The van der Waals surface area contributed by atoms with Gasteiger partial charge in [-0.2, -0.15) is 4.99 Å². The van der Waals surface area contributed by atoms with Crippen LogP contribution in [0.15, 0.2) is 46.0 Å². The summed E-state index contributed by atoms with van der Waals surface area (Å²) < 4.78 is 10.5. The standard InChI is InChI=1S/C30H37N7O6/c1-3-24-26(27(37(31-20-38)29(41)33-24)35-15-10-25-22(19-35)18-32-43-25)36(21-39)14-7-13-34-16-11-30(12-17-34,28(40)42-2)23-8-5-4-6-9-23/h4-6,8-10,18-21,26-27H,3,7,11-17H2,1-2H3,(H,31,38). The molecule has 4 heterocycles. The predicted octanol–water partition coefficient (Wildman–Crippen LogP) is 0.206. The number of carbonyl (C=O) groups is 4. The van der Waals surface area contributed by atoms with E-state index < -0.39 is 23.7 Å². The Balaban J connectivity index is 1.30. The average molecular weight is 592 g/mol. The second kappa shape index (κ2) is 13.2. The smallest absolute Gasteiger partial charge is 0.364 e. The molecular formula is C30H37N7O6. The molecule has 13 heteroatoms. The van der Waals surface area contributed by atoms with Crippen LogP contribution in [0.1, 0.15) is 38.2 Å². The molecule has 0 aliphatic carbocycles. The Morgan fingerprint density at radius 2 is 2.00 bits per heavy atom. The molecule has 13 nitrogen and oxygen atoms in total. The fourth-order valence-electron chi connectivity index (χ4n) is 6.41. The fourth-order valence-corrected chi connectivity index (χ4v) is 6.41. The molecule has 1 saturated heterocycles. The lowest BCUT2D eigenvalue weighted by Gasteiger charge is -2.47. The van der Waals surface area contributed by atoms with Gasteiger partial charge < -0.3 is 24.0 Å². The third kappa shape index (κ3) is 5.89. The molecule has 0 bridgehead atoms. The molecule has 5 rings (SSSR count). The highest BCUT2D eigenvalue weighted by molar-refractivity contribution is 6.02. The van der Waals surface area contributed by atoms with Crippen LogP contribution in [0.3, 0.4) is 0 Å². The summed E-state index contributed by atoms with van der Waals surface area (Å²) in [4.78, 5) is 60.1. The number of aliphatic imine (C=N–C) groups is 1. The van der Waals surface area contributed by atoms with E-state index in [1.165, 1.54) is 7.11 Å². The van der Waals surface area contributed by atoms with E-state index in [9.17, 15) is 19.2 Å². The van der Waals surface area contributed by atoms with Gasteiger partial charge in [0.05, 0.1) is 29.7 Å². The van der Waals surface area contributed by atoms with Gasteiger partial charge in [-0.3, -0.25) is 19.8 Å². The van der Waals surface area contributed by atoms with Crippen LogP contribution < -0.4 is 16.1 Å². The average Bonchev–Trinajstić information content (AvgIpc) is 3.52. The summed E-state index contributed by atoms with van der Waals surface area (Å²) in [7, 11) is 1.43. The van der Waals surface area contributed by atoms with Crippen LogP contribution in [-0.2, 0) is 24.5 Å². The number of hydrazine groups is 1. The molecule has 1 N–H and O–H groups in total. The lowest BCUT2D eigenvalue weighted by Crippen LogP contribution is -2.68. The van der Waals surface area contributed by atoms with Crippen LogP contribution in [0.25, 0.3) is 12.3 Å². The minimum absolute atomic E-state index is 0.215. The zero-order chi connectivity index (χ0) is 30.4. The van der Waals surface area contributed by atoms with Gasteiger partial charge in [-0.15, -0.1) is 0 Å². The van der Waals surface area contributed by atoms with Crippen LogP contribution in [0.5, 0.6) is 0 Å². The number of esters is 1. The first-order valence-electron chi connectivity index (χ1n) is 14.5. The summed E-state index contributed by atoms with van der Waals surface area (Å²) in [6, 6.07) is 8.57. The van der Waals surface area contributed by atoms with Crippen LogP contribution >= 0.6 is 0 Å². The van der Waals surface area contributed by atoms with E-state index >= 15 is 0 Å². The SMILES string of the molecule is CCC1=NC(=O)N(NC=O)C(N2C=c3cnoc3=CC2)C1N(C=O)CCCN1CCC(C(=O)OC)(c2ccccc2)CC1. The first-order chi connectivity index (χ1) is 20.9. The number of piperidine rings is 1. The molecule has 1 fully saturated rings. The van der Waals surface area contributed by atoms with E-state index in [1.807, 2.05) is 54.4 Å². The molecule has 0 radical (unpaired) electrons. The highest BCUT2D eigenvalue weighted by Gasteiger charge is 2.45. The Bertz CT molecular complexity index is 1470. The van der Waals surface area contributed by atoms with Gasteiger partial charge >= 0.3 is 12.0 Å². The van der Waals surface area contributed by atoms with Crippen LogP contribution in [-0.4, -0.2) is 107 Å². The predicted molar refractivity (Wildman–Crippen MR) is 156 cm³/mol. The van der Waals surface area contributed by atoms with E-state index in [1.54, 1.807) is 11.1 Å². The van der Waals surface area contributed by atoms with Crippen molar-refractivity contribution >= 4 is 42.8 Å². The van der Waals surface area contributed by atoms with E-state index in [-0.39, 0.29) is 5.97 Å². The Morgan fingerprint density at radius 1 is 1.23 bits per heavy atom. The number of likely N-dealkylation sites (tertiary alicyclic amines) is 1. The highest BCUT2D eigenvalue weighted by Crippen LogP contribution is 2.37. The molecule has 0 spiro atoms. The number of urea groups is 1. The number of nitrogens with zero attached hydrogens (tertiary/aromatic N) is 6. The van der Waals surface area contributed by atoms with Crippen LogP contribution in [0.2, 0.25) is 0 Å².